The van der Waals surface area contributed by atoms with Crippen molar-refractivity contribution < 1.29 is 0 Å². The van der Waals surface area contributed by atoms with Gasteiger partial charge in [0.2, 0.25) is 0 Å². The molecule has 0 fully saturated rings. The maximum absolute atomic E-state index is 6.09. The number of nitrogens with one attached hydrogen (secondary N) is 1. The maximum Gasteiger partial charge on any atom is 0.149 e. The van der Waals surface area contributed by atoms with E-state index in [1.165, 1.54) is 0 Å². The van der Waals surface area contributed by atoms with Crippen molar-refractivity contribution in [2.75, 3.05) is 11.1 Å². The van der Waals surface area contributed by atoms with Crippen LogP contribution < -0.4 is 11.1 Å². The van der Waals surface area contributed by atoms with Crippen LogP contribution in [0.2, 0.25) is 0 Å². The molecule has 0 radical (unpaired) electrons. The molecule has 2 rings (SSSR count). The highest BCUT2D eigenvalue weighted by molar-refractivity contribution is 5.72. The van der Waals surface area contributed by atoms with Crippen molar-refractivity contribution in [3.05, 3.63) is 42.6 Å². The van der Waals surface area contributed by atoms with Crippen LogP contribution >= 0.6 is 0 Å². The second-order valence-corrected chi connectivity index (χ2v) is 4.69. The highest BCUT2D eigenvalue weighted by atomic mass is 15.0. The summed E-state index contributed by atoms with van der Waals surface area (Å²) in [6, 6.07) is 12.6. The minimum Gasteiger partial charge on any atom is -0.396 e. The molecule has 0 saturated heterocycles. The summed E-state index contributed by atoms with van der Waals surface area (Å²) in [5, 5.41) is 3.39. The van der Waals surface area contributed by atoms with Crippen molar-refractivity contribution in [2.45, 2.75) is 32.7 Å². The van der Waals surface area contributed by atoms with Gasteiger partial charge in [-0.1, -0.05) is 44.2 Å². The SMILES string of the molecule is CCC(CC)Nc1ncc(-c2ccccc2)cc1N. The van der Waals surface area contributed by atoms with Crippen molar-refractivity contribution >= 4 is 11.5 Å². The van der Waals surface area contributed by atoms with Crippen molar-refractivity contribution in [3.8, 4) is 11.1 Å². The summed E-state index contributed by atoms with van der Waals surface area (Å²) in [5.41, 5.74) is 8.98. The van der Waals surface area contributed by atoms with Crippen LogP contribution in [-0.2, 0) is 0 Å². The second kappa shape index (κ2) is 6.23. The van der Waals surface area contributed by atoms with E-state index in [9.17, 15) is 0 Å². The van der Waals surface area contributed by atoms with E-state index < -0.39 is 0 Å². The number of benzene rings is 1. The third kappa shape index (κ3) is 3.25. The van der Waals surface area contributed by atoms with E-state index in [-0.39, 0.29) is 0 Å². The molecule has 0 aliphatic rings. The molecule has 100 valence electrons. The van der Waals surface area contributed by atoms with E-state index >= 15 is 0 Å². The lowest BCUT2D eigenvalue weighted by Gasteiger charge is -2.17. The first-order chi connectivity index (χ1) is 9.24. The Labute approximate surface area is 114 Å². The summed E-state index contributed by atoms with van der Waals surface area (Å²) in [5.74, 6) is 0.786. The number of hydrogen-bond donors (Lipinski definition) is 2. The monoisotopic (exact) mass is 255 g/mol. The average molecular weight is 255 g/mol. The molecule has 1 heterocycles. The Morgan fingerprint density at radius 3 is 2.37 bits per heavy atom. The van der Waals surface area contributed by atoms with Crippen molar-refractivity contribution in [3.63, 3.8) is 0 Å². The molecule has 0 bridgehead atoms. The summed E-state index contributed by atoms with van der Waals surface area (Å²) in [4.78, 5) is 4.45. The Hall–Kier alpha value is -2.03. The lowest BCUT2D eigenvalue weighted by atomic mass is 10.1. The highest BCUT2D eigenvalue weighted by Crippen LogP contribution is 2.25. The zero-order chi connectivity index (χ0) is 13.7. The van der Waals surface area contributed by atoms with E-state index in [1.807, 2.05) is 30.5 Å². The van der Waals surface area contributed by atoms with Crippen LogP contribution in [0.25, 0.3) is 11.1 Å². The summed E-state index contributed by atoms with van der Waals surface area (Å²) in [6.45, 7) is 4.32. The van der Waals surface area contributed by atoms with Crippen LogP contribution in [0.1, 0.15) is 26.7 Å². The van der Waals surface area contributed by atoms with Crippen molar-refractivity contribution in [1.82, 2.24) is 4.98 Å². The molecule has 0 saturated carbocycles. The molecule has 0 spiro atoms. The van der Waals surface area contributed by atoms with Gasteiger partial charge in [-0.2, -0.15) is 0 Å². The van der Waals surface area contributed by atoms with Crippen molar-refractivity contribution in [1.29, 1.82) is 0 Å². The largest absolute Gasteiger partial charge is 0.396 e. The molecular weight excluding hydrogens is 234 g/mol. The van der Waals surface area contributed by atoms with E-state index in [1.54, 1.807) is 0 Å². The molecule has 3 heteroatoms. The lowest BCUT2D eigenvalue weighted by molar-refractivity contribution is 0.669. The normalized spacial score (nSPS) is 10.7. The van der Waals surface area contributed by atoms with Crippen LogP contribution in [-0.4, -0.2) is 11.0 Å². The number of hydrogen-bond acceptors (Lipinski definition) is 3. The summed E-state index contributed by atoms with van der Waals surface area (Å²) in [6.07, 6.45) is 4.01. The summed E-state index contributed by atoms with van der Waals surface area (Å²) >= 11 is 0. The number of rotatable bonds is 5. The van der Waals surface area contributed by atoms with Gasteiger partial charge in [0.05, 0.1) is 5.69 Å². The molecule has 0 amide bonds. The number of nitrogens with zero attached hydrogens (tertiary/aromatic N) is 1. The molecule has 1 aromatic carbocycles. The van der Waals surface area contributed by atoms with E-state index in [4.69, 9.17) is 5.73 Å². The predicted octanol–water partition coefficient (Wildman–Crippen LogP) is 3.93. The van der Waals surface area contributed by atoms with Crippen LogP contribution in [0.5, 0.6) is 0 Å². The standard InChI is InChI=1S/C16H21N3/c1-3-14(4-2)19-16-15(17)10-13(11-18-16)12-8-6-5-7-9-12/h5-11,14H,3-4,17H2,1-2H3,(H,18,19). The first-order valence-corrected chi connectivity index (χ1v) is 6.82. The fraction of sp³-hybridized carbons (Fsp3) is 0.312. The first-order valence-electron chi connectivity index (χ1n) is 6.82. The van der Waals surface area contributed by atoms with Gasteiger partial charge >= 0.3 is 0 Å². The Morgan fingerprint density at radius 2 is 1.79 bits per heavy atom. The highest BCUT2D eigenvalue weighted by Gasteiger charge is 2.08. The van der Waals surface area contributed by atoms with E-state index in [0.717, 1.165) is 29.8 Å². The molecule has 3 N–H and O–H groups in total. The third-order valence-corrected chi connectivity index (χ3v) is 3.35. The van der Waals surface area contributed by atoms with Gasteiger partial charge in [0.15, 0.2) is 0 Å². The fourth-order valence-corrected chi connectivity index (χ4v) is 2.08. The quantitative estimate of drug-likeness (QED) is 0.851. The molecule has 0 atom stereocenters. The van der Waals surface area contributed by atoms with Crippen LogP contribution in [0.3, 0.4) is 0 Å². The summed E-state index contributed by atoms with van der Waals surface area (Å²) in [7, 11) is 0. The molecule has 0 unspecified atom stereocenters. The first kappa shape index (κ1) is 13.4. The van der Waals surface area contributed by atoms with Crippen LogP contribution in [0.15, 0.2) is 42.6 Å². The number of anilines is 2. The Morgan fingerprint density at radius 1 is 1.11 bits per heavy atom. The topological polar surface area (TPSA) is 50.9 Å². The van der Waals surface area contributed by atoms with Gasteiger partial charge in [-0.05, 0) is 24.5 Å². The van der Waals surface area contributed by atoms with Crippen molar-refractivity contribution in [2.24, 2.45) is 0 Å². The molecule has 2 aromatic rings. The fourth-order valence-electron chi connectivity index (χ4n) is 2.08. The zero-order valence-electron chi connectivity index (χ0n) is 11.6. The predicted molar refractivity (Wildman–Crippen MR) is 82.1 cm³/mol. The number of nitrogens with two attached hydrogens (primary N) is 1. The van der Waals surface area contributed by atoms with Gasteiger partial charge in [-0.15, -0.1) is 0 Å². The molecule has 0 aliphatic heterocycles. The zero-order valence-corrected chi connectivity index (χ0v) is 11.6. The Kier molecular flexibility index (Phi) is 4.39. The molecular formula is C16H21N3. The molecule has 3 nitrogen and oxygen atoms in total. The van der Waals surface area contributed by atoms with Crippen LogP contribution in [0, 0.1) is 0 Å². The number of pyridine rings is 1. The van der Waals surface area contributed by atoms with Crippen LogP contribution in [0.4, 0.5) is 11.5 Å². The average Bonchev–Trinajstić information content (AvgIpc) is 2.47. The Bertz CT molecular complexity index is 519. The van der Waals surface area contributed by atoms with Gasteiger partial charge in [-0.3, -0.25) is 0 Å². The smallest absolute Gasteiger partial charge is 0.149 e. The number of aromatic nitrogens is 1. The van der Waals surface area contributed by atoms with Gasteiger partial charge in [0, 0.05) is 17.8 Å². The van der Waals surface area contributed by atoms with Gasteiger partial charge in [0.25, 0.3) is 0 Å². The summed E-state index contributed by atoms with van der Waals surface area (Å²) < 4.78 is 0. The second-order valence-electron chi connectivity index (χ2n) is 4.69. The minimum absolute atomic E-state index is 0.428. The van der Waals surface area contributed by atoms with Gasteiger partial charge in [-0.25, -0.2) is 4.98 Å². The number of nitrogen functional groups attached to an aromatic ring is 1. The van der Waals surface area contributed by atoms with Gasteiger partial charge in [0.1, 0.15) is 5.82 Å². The molecule has 0 aliphatic carbocycles. The lowest BCUT2D eigenvalue weighted by Crippen LogP contribution is -2.18. The minimum atomic E-state index is 0.428. The van der Waals surface area contributed by atoms with Gasteiger partial charge < -0.3 is 11.1 Å². The third-order valence-electron chi connectivity index (χ3n) is 3.35. The molecule has 1 aromatic heterocycles. The van der Waals surface area contributed by atoms with E-state index in [0.29, 0.717) is 11.7 Å². The maximum atomic E-state index is 6.09. The Balaban J connectivity index is 2.22. The molecule has 19 heavy (non-hydrogen) atoms. The van der Waals surface area contributed by atoms with E-state index in [2.05, 4.69) is 36.3 Å².